The number of imidazole rings is 1. The van der Waals surface area contributed by atoms with E-state index in [1.165, 1.54) is 43.6 Å². The lowest BCUT2D eigenvalue weighted by molar-refractivity contribution is 0.405. The molecule has 1 aromatic heterocycles. The first-order valence-electron chi connectivity index (χ1n) is 6.65. The zero-order valence-electron chi connectivity index (χ0n) is 10.1. The lowest BCUT2D eigenvalue weighted by Gasteiger charge is -2.21. The Bertz CT molecular complexity index is 363. The molecule has 0 bridgehead atoms. The van der Waals surface area contributed by atoms with Gasteiger partial charge in [-0.15, -0.1) is 0 Å². The van der Waals surface area contributed by atoms with Gasteiger partial charge in [-0.3, -0.25) is 0 Å². The predicted molar refractivity (Wildman–Crippen MR) is 64.5 cm³/mol. The van der Waals surface area contributed by atoms with Gasteiger partial charge in [-0.1, -0.05) is 6.42 Å². The van der Waals surface area contributed by atoms with Crippen LogP contribution in [0.3, 0.4) is 0 Å². The number of nitrogens with one attached hydrogen (secondary N) is 1. The maximum atomic E-state index is 4.83. The molecule has 3 rings (SSSR count). The Balaban J connectivity index is 1.85. The van der Waals surface area contributed by atoms with Crippen LogP contribution in [0.4, 0.5) is 0 Å². The fourth-order valence-electron chi connectivity index (χ4n) is 2.99. The second-order valence-electron chi connectivity index (χ2n) is 5.23. The molecule has 3 heteroatoms. The Morgan fingerprint density at radius 1 is 1.31 bits per heavy atom. The molecule has 0 amide bonds. The molecule has 1 N–H and O–H groups in total. The number of aromatic nitrogens is 2. The highest BCUT2D eigenvalue weighted by atomic mass is 15.1. The summed E-state index contributed by atoms with van der Waals surface area (Å²) < 4.78 is 2.40. The quantitative estimate of drug-likeness (QED) is 0.787. The zero-order chi connectivity index (χ0) is 11.0. The van der Waals surface area contributed by atoms with Crippen LogP contribution in [0.15, 0.2) is 6.20 Å². The molecule has 2 atom stereocenters. The summed E-state index contributed by atoms with van der Waals surface area (Å²) in [6.07, 6.45) is 9.98. The molecule has 2 unspecified atom stereocenters. The summed E-state index contributed by atoms with van der Waals surface area (Å²) >= 11 is 0. The van der Waals surface area contributed by atoms with Gasteiger partial charge in [-0.25, -0.2) is 4.98 Å². The molecule has 2 aliphatic heterocycles. The molecular weight excluding hydrogens is 198 g/mol. The third-order valence-electron chi connectivity index (χ3n) is 3.99. The summed E-state index contributed by atoms with van der Waals surface area (Å²) in [4.78, 5) is 4.83. The van der Waals surface area contributed by atoms with E-state index in [0.29, 0.717) is 12.1 Å². The van der Waals surface area contributed by atoms with Gasteiger partial charge < -0.3 is 9.88 Å². The molecule has 16 heavy (non-hydrogen) atoms. The van der Waals surface area contributed by atoms with Crippen LogP contribution >= 0.6 is 0 Å². The van der Waals surface area contributed by atoms with Crippen molar-refractivity contribution in [3.8, 4) is 0 Å². The topological polar surface area (TPSA) is 29.9 Å². The van der Waals surface area contributed by atoms with Crippen molar-refractivity contribution in [3.05, 3.63) is 17.7 Å². The molecule has 3 nitrogen and oxygen atoms in total. The van der Waals surface area contributed by atoms with E-state index in [-0.39, 0.29) is 0 Å². The first-order chi connectivity index (χ1) is 7.84. The summed E-state index contributed by atoms with van der Waals surface area (Å²) in [6, 6.07) is 1.16. The highest BCUT2D eigenvalue weighted by Crippen LogP contribution is 2.28. The Morgan fingerprint density at radius 3 is 3.00 bits per heavy atom. The molecule has 0 radical (unpaired) electrons. The van der Waals surface area contributed by atoms with Crippen molar-refractivity contribution in [2.75, 3.05) is 6.54 Å². The van der Waals surface area contributed by atoms with Crippen LogP contribution in [0.2, 0.25) is 0 Å². The van der Waals surface area contributed by atoms with E-state index < -0.39 is 0 Å². The highest BCUT2D eigenvalue weighted by molar-refractivity contribution is 5.12. The zero-order valence-corrected chi connectivity index (χ0v) is 10.1. The van der Waals surface area contributed by atoms with Crippen molar-refractivity contribution in [1.29, 1.82) is 0 Å². The predicted octanol–water partition coefficient (Wildman–Crippen LogP) is 2.60. The average molecular weight is 219 g/mol. The van der Waals surface area contributed by atoms with Crippen molar-refractivity contribution in [2.24, 2.45) is 0 Å². The molecular formula is C13H21N3. The first-order valence-corrected chi connectivity index (χ1v) is 6.65. The number of rotatable bonds is 1. The molecule has 1 saturated heterocycles. The summed E-state index contributed by atoms with van der Waals surface area (Å²) in [7, 11) is 0. The van der Waals surface area contributed by atoms with E-state index in [0.717, 1.165) is 13.0 Å². The molecule has 0 spiro atoms. The van der Waals surface area contributed by atoms with Gasteiger partial charge in [0.05, 0.1) is 11.7 Å². The molecule has 3 heterocycles. The van der Waals surface area contributed by atoms with Gasteiger partial charge >= 0.3 is 0 Å². The minimum absolute atomic E-state index is 0.513. The van der Waals surface area contributed by atoms with Crippen LogP contribution in [0.25, 0.3) is 0 Å². The molecule has 0 aromatic carbocycles. The number of fused-ring (bicyclic) bond motifs is 1. The van der Waals surface area contributed by atoms with Crippen LogP contribution < -0.4 is 5.32 Å². The maximum Gasteiger partial charge on any atom is 0.109 e. The SMILES string of the molecule is CC1CCCc2nc(C3CCCCN3)cn21. The molecule has 1 fully saturated rings. The first kappa shape index (κ1) is 10.3. The largest absolute Gasteiger partial charge is 0.332 e. The monoisotopic (exact) mass is 219 g/mol. The van der Waals surface area contributed by atoms with Gasteiger partial charge in [0, 0.05) is 18.7 Å². The molecule has 1 aromatic rings. The van der Waals surface area contributed by atoms with Crippen LogP contribution in [-0.4, -0.2) is 16.1 Å². The Kier molecular flexibility index (Phi) is 2.72. The maximum absolute atomic E-state index is 4.83. The smallest absolute Gasteiger partial charge is 0.109 e. The fourth-order valence-corrected chi connectivity index (χ4v) is 2.99. The second-order valence-corrected chi connectivity index (χ2v) is 5.23. The van der Waals surface area contributed by atoms with E-state index in [1.54, 1.807) is 0 Å². The van der Waals surface area contributed by atoms with Crippen molar-refractivity contribution < 1.29 is 0 Å². The summed E-state index contributed by atoms with van der Waals surface area (Å²) in [6.45, 7) is 3.46. The Hall–Kier alpha value is -0.830. The summed E-state index contributed by atoms with van der Waals surface area (Å²) in [5.74, 6) is 1.31. The van der Waals surface area contributed by atoms with E-state index in [1.807, 2.05) is 0 Å². The number of aryl methyl sites for hydroxylation is 1. The van der Waals surface area contributed by atoms with Crippen molar-refractivity contribution in [2.45, 2.75) is 57.5 Å². The van der Waals surface area contributed by atoms with E-state index in [4.69, 9.17) is 4.98 Å². The molecule has 0 aliphatic carbocycles. The van der Waals surface area contributed by atoms with E-state index >= 15 is 0 Å². The fraction of sp³-hybridized carbons (Fsp3) is 0.769. The third-order valence-corrected chi connectivity index (χ3v) is 3.99. The van der Waals surface area contributed by atoms with Gasteiger partial charge in [0.25, 0.3) is 0 Å². The van der Waals surface area contributed by atoms with Crippen molar-refractivity contribution in [3.63, 3.8) is 0 Å². The van der Waals surface area contributed by atoms with E-state index in [2.05, 4.69) is 23.0 Å². The molecule has 2 aliphatic rings. The number of hydrogen-bond acceptors (Lipinski definition) is 2. The van der Waals surface area contributed by atoms with Crippen molar-refractivity contribution in [1.82, 2.24) is 14.9 Å². The van der Waals surface area contributed by atoms with E-state index in [9.17, 15) is 0 Å². The van der Waals surface area contributed by atoms with Gasteiger partial charge in [0.2, 0.25) is 0 Å². The van der Waals surface area contributed by atoms with Crippen LogP contribution in [-0.2, 0) is 6.42 Å². The molecule has 88 valence electrons. The standard InChI is InChI=1S/C13H21N3/c1-10-5-4-7-13-15-12(9-16(10)13)11-6-2-3-8-14-11/h9-11,14H,2-8H2,1H3. The number of hydrogen-bond donors (Lipinski definition) is 1. The minimum Gasteiger partial charge on any atom is -0.332 e. The third kappa shape index (κ3) is 1.77. The van der Waals surface area contributed by atoms with Crippen molar-refractivity contribution >= 4 is 0 Å². The van der Waals surface area contributed by atoms with Gasteiger partial charge in [0.1, 0.15) is 5.82 Å². The van der Waals surface area contributed by atoms with Gasteiger partial charge in [-0.2, -0.15) is 0 Å². The van der Waals surface area contributed by atoms with Gasteiger partial charge in [-0.05, 0) is 39.2 Å². The average Bonchev–Trinajstić information content (AvgIpc) is 2.76. The minimum atomic E-state index is 0.513. The number of nitrogens with zero attached hydrogens (tertiary/aromatic N) is 2. The summed E-state index contributed by atoms with van der Waals surface area (Å²) in [5, 5.41) is 3.58. The molecule has 0 saturated carbocycles. The van der Waals surface area contributed by atoms with Crippen LogP contribution in [0, 0.1) is 0 Å². The van der Waals surface area contributed by atoms with Crippen LogP contribution in [0.5, 0.6) is 0 Å². The Morgan fingerprint density at radius 2 is 2.25 bits per heavy atom. The number of piperidine rings is 1. The lowest BCUT2D eigenvalue weighted by atomic mass is 10.0. The Labute approximate surface area is 97.3 Å². The lowest BCUT2D eigenvalue weighted by Crippen LogP contribution is -2.27. The van der Waals surface area contributed by atoms with Gasteiger partial charge in [0.15, 0.2) is 0 Å². The normalized spacial score (nSPS) is 30.1. The highest BCUT2D eigenvalue weighted by Gasteiger charge is 2.22. The second kappa shape index (κ2) is 4.21. The summed E-state index contributed by atoms with van der Waals surface area (Å²) in [5.41, 5.74) is 1.28. The van der Waals surface area contributed by atoms with Crippen LogP contribution in [0.1, 0.15) is 62.6 Å².